The molecule has 1 aromatic carbocycles. The van der Waals surface area contributed by atoms with Gasteiger partial charge >= 0.3 is 0 Å². The Morgan fingerprint density at radius 3 is 2.67 bits per heavy atom. The van der Waals surface area contributed by atoms with Crippen LogP contribution in [0.2, 0.25) is 0 Å². The fourth-order valence-corrected chi connectivity index (χ4v) is 4.18. The molecule has 7 heteroatoms. The van der Waals surface area contributed by atoms with Crippen molar-refractivity contribution in [1.29, 1.82) is 0 Å². The van der Waals surface area contributed by atoms with Gasteiger partial charge in [0, 0.05) is 16.6 Å². The lowest BCUT2D eigenvalue weighted by Crippen LogP contribution is -2.35. The fraction of sp³-hybridized carbons (Fsp3) is 0.455. The van der Waals surface area contributed by atoms with Crippen molar-refractivity contribution < 1.29 is 17.2 Å². The van der Waals surface area contributed by atoms with E-state index >= 15 is 0 Å². The Labute approximate surface area is 113 Å². The lowest BCUT2D eigenvalue weighted by atomic mass is 10.1. The third kappa shape index (κ3) is 3.20. The SMILES string of the molecule is O=S1(=O)CCCC(Nc2c(F)cc(F)cc2Br)C1. The summed E-state index contributed by atoms with van der Waals surface area (Å²) in [4.78, 5) is 0. The standard InChI is InChI=1S/C11H12BrF2NO2S/c12-9-4-7(13)5-10(14)11(9)15-8-2-1-3-18(16,17)6-8/h4-5,8,15H,1-3,6H2. The van der Waals surface area contributed by atoms with Crippen LogP contribution in [-0.4, -0.2) is 26.0 Å². The molecule has 0 amide bonds. The fourth-order valence-electron chi connectivity index (χ4n) is 2.02. The van der Waals surface area contributed by atoms with E-state index in [1.807, 2.05) is 0 Å². The highest BCUT2D eigenvalue weighted by molar-refractivity contribution is 9.10. The predicted octanol–water partition coefficient (Wildman–Crippen LogP) is 2.72. The van der Waals surface area contributed by atoms with Crippen LogP contribution in [0.25, 0.3) is 0 Å². The van der Waals surface area contributed by atoms with Gasteiger partial charge in [-0.05, 0) is 34.8 Å². The second-order valence-corrected chi connectivity index (χ2v) is 7.43. The average molecular weight is 340 g/mol. The molecule has 2 rings (SSSR count). The van der Waals surface area contributed by atoms with E-state index in [0.29, 0.717) is 12.8 Å². The van der Waals surface area contributed by atoms with Crippen molar-refractivity contribution in [2.75, 3.05) is 16.8 Å². The molecule has 1 N–H and O–H groups in total. The molecule has 1 atom stereocenters. The lowest BCUT2D eigenvalue weighted by Gasteiger charge is -2.24. The summed E-state index contributed by atoms with van der Waals surface area (Å²) in [7, 11) is -3.06. The van der Waals surface area contributed by atoms with Gasteiger partial charge in [0.2, 0.25) is 0 Å². The highest BCUT2D eigenvalue weighted by Crippen LogP contribution is 2.29. The van der Waals surface area contributed by atoms with Crippen molar-refractivity contribution in [2.45, 2.75) is 18.9 Å². The van der Waals surface area contributed by atoms with Gasteiger partial charge in [0.1, 0.15) is 11.6 Å². The second-order valence-electron chi connectivity index (χ2n) is 4.34. The molecule has 3 nitrogen and oxygen atoms in total. The Balaban J connectivity index is 2.19. The number of sulfone groups is 1. The van der Waals surface area contributed by atoms with Gasteiger partial charge in [-0.2, -0.15) is 0 Å². The van der Waals surface area contributed by atoms with Crippen molar-refractivity contribution in [2.24, 2.45) is 0 Å². The molecule has 1 aromatic rings. The van der Waals surface area contributed by atoms with Gasteiger partial charge in [0.05, 0.1) is 17.2 Å². The second kappa shape index (κ2) is 5.13. The highest BCUT2D eigenvalue weighted by Gasteiger charge is 2.25. The van der Waals surface area contributed by atoms with E-state index in [1.165, 1.54) is 0 Å². The van der Waals surface area contributed by atoms with Gasteiger partial charge in [-0.15, -0.1) is 0 Å². The first-order chi connectivity index (χ1) is 8.37. The van der Waals surface area contributed by atoms with Crippen molar-refractivity contribution in [3.05, 3.63) is 28.2 Å². The third-order valence-electron chi connectivity index (χ3n) is 2.82. The van der Waals surface area contributed by atoms with Crippen LogP contribution in [-0.2, 0) is 9.84 Å². The number of benzene rings is 1. The van der Waals surface area contributed by atoms with Crippen molar-refractivity contribution in [1.82, 2.24) is 0 Å². The van der Waals surface area contributed by atoms with Crippen LogP contribution >= 0.6 is 15.9 Å². The lowest BCUT2D eigenvalue weighted by molar-refractivity contribution is 0.556. The highest BCUT2D eigenvalue weighted by atomic mass is 79.9. The Bertz CT molecular complexity index is 539. The van der Waals surface area contributed by atoms with Crippen LogP contribution < -0.4 is 5.32 Å². The monoisotopic (exact) mass is 339 g/mol. The first kappa shape index (κ1) is 13.7. The summed E-state index contributed by atoms with van der Waals surface area (Å²) in [6.07, 6.45) is 1.21. The van der Waals surface area contributed by atoms with Gasteiger partial charge in [-0.25, -0.2) is 17.2 Å². The number of hydrogen-bond donors (Lipinski definition) is 1. The minimum atomic E-state index is -3.06. The molecule has 100 valence electrons. The molecule has 1 fully saturated rings. The van der Waals surface area contributed by atoms with E-state index in [0.717, 1.165) is 12.1 Å². The number of hydrogen-bond acceptors (Lipinski definition) is 3. The van der Waals surface area contributed by atoms with E-state index in [1.54, 1.807) is 0 Å². The Kier molecular flexibility index (Phi) is 3.91. The third-order valence-corrected chi connectivity index (χ3v) is 5.26. The van der Waals surface area contributed by atoms with Crippen molar-refractivity contribution >= 4 is 31.5 Å². The zero-order valence-corrected chi connectivity index (χ0v) is 11.8. The zero-order chi connectivity index (χ0) is 13.3. The topological polar surface area (TPSA) is 46.2 Å². The molecule has 0 spiro atoms. The molecule has 0 radical (unpaired) electrons. The van der Waals surface area contributed by atoms with Gasteiger partial charge in [0.15, 0.2) is 9.84 Å². The smallest absolute Gasteiger partial charge is 0.152 e. The van der Waals surface area contributed by atoms with Gasteiger partial charge < -0.3 is 5.32 Å². The molecule has 0 aliphatic carbocycles. The first-order valence-electron chi connectivity index (χ1n) is 5.49. The van der Waals surface area contributed by atoms with Crippen molar-refractivity contribution in [3.63, 3.8) is 0 Å². The van der Waals surface area contributed by atoms with E-state index in [9.17, 15) is 17.2 Å². The molecule has 1 unspecified atom stereocenters. The molecular formula is C11H12BrF2NO2S. The molecule has 0 saturated carbocycles. The van der Waals surface area contributed by atoms with E-state index < -0.39 is 21.5 Å². The van der Waals surface area contributed by atoms with Crippen LogP contribution in [0.1, 0.15) is 12.8 Å². The van der Waals surface area contributed by atoms with Crippen LogP contribution in [0.15, 0.2) is 16.6 Å². The van der Waals surface area contributed by atoms with Gasteiger partial charge in [-0.3, -0.25) is 0 Å². The minimum absolute atomic E-state index is 0.0176. The van der Waals surface area contributed by atoms with E-state index in [2.05, 4.69) is 21.2 Å². The molecule has 18 heavy (non-hydrogen) atoms. The summed E-state index contributed by atoms with van der Waals surface area (Å²) in [5.74, 6) is -1.25. The normalized spacial score (nSPS) is 22.7. The summed E-state index contributed by atoms with van der Waals surface area (Å²) >= 11 is 3.06. The number of halogens is 3. The Morgan fingerprint density at radius 2 is 2.06 bits per heavy atom. The van der Waals surface area contributed by atoms with Gasteiger partial charge in [-0.1, -0.05) is 0 Å². The molecule has 1 aliphatic rings. The first-order valence-corrected chi connectivity index (χ1v) is 8.10. The maximum Gasteiger partial charge on any atom is 0.152 e. The maximum absolute atomic E-state index is 13.6. The molecule has 1 saturated heterocycles. The van der Waals surface area contributed by atoms with E-state index in [-0.39, 0.29) is 27.7 Å². The molecule has 1 aliphatic heterocycles. The molecule has 0 bridgehead atoms. The minimum Gasteiger partial charge on any atom is -0.378 e. The van der Waals surface area contributed by atoms with E-state index in [4.69, 9.17) is 0 Å². The zero-order valence-electron chi connectivity index (χ0n) is 9.42. The summed E-state index contributed by atoms with van der Waals surface area (Å²) in [6, 6.07) is 1.58. The molecule has 0 aromatic heterocycles. The van der Waals surface area contributed by atoms with Crippen LogP contribution in [0.5, 0.6) is 0 Å². The average Bonchev–Trinajstić information content (AvgIpc) is 2.22. The summed E-state index contributed by atoms with van der Waals surface area (Å²) in [6.45, 7) is 0. The van der Waals surface area contributed by atoms with Crippen molar-refractivity contribution in [3.8, 4) is 0 Å². The Morgan fingerprint density at radius 1 is 1.33 bits per heavy atom. The largest absolute Gasteiger partial charge is 0.378 e. The Hall–Kier alpha value is -0.690. The maximum atomic E-state index is 13.6. The number of rotatable bonds is 2. The van der Waals surface area contributed by atoms with Crippen LogP contribution in [0.4, 0.5) is 14.5 Å². The van der Waals surface area contributed by atoms with Crippen LogP contribution in [0, 0.1) is 11.6 Å². The summed E-state index contributed by atoms with van der Waals surface area (Å²) in [5.41, 5.74) is 0.110. The summed E-state index contributed by atoms with van der Waals surface area (Å²) in [5, 5.41) is 2.83. The number of nitrogens with one attached hydrogen (secondary N) is 1. The molecular weight excluding hydrogens is 328 g/mol. The molecule has 1 heterocycles. The predicted molar refractivity (Wildman–Crippen MR) is 69.4 cm³/mol. The summed E-state index contributed by atoms with van der Waals surface area (Å²) < 4.78 is 49.7. The quantitative estimate of drug-likeness (QED) is 0.901. The number of anilines is 1. The van der Waals surface area contributed by atoms with Gasteiger partial charge in [0.25, 0.3) is 0 Å². The van der Waals surface area contributed by atoms with Crippen LogP contribution in [0.3, 0.4) is 0 Å².